The molecule has 0 bridgehead atoms. The van der Waals surface area contributed by atoms with Crippen LogP contribution in [0.4, 0.5) is 10.9 Å². The van der Waals surface area contributed by atoms with Gasteiger partial charge >= 0.3 is 0 Å². The minimum atomic E-state index is -0.474. The van der Waals surface area contributed by atoms with E-state index in [9.17, 15) is 9.59 Å². The van der Waals surface area contributed by atoms with Gasteiger partial charge in [0.15, 0.2) is 5.16 Å². The van der Waals surface area contributed by atoms with E-state index in [1.54, 1.807) is 4.57 Å². The van der Waals surface area contributed by atoms with Crippen LogP contribution in [0.5, 0.6) is 0 Å². The summed E-state index contributed by atoms with van der Waals surface area (Å²) < 4.78 is 1.66. The van der Waals surface area contributed by atoms with E-state index in [-0.39, 0.29) is 11.7 Å². The molecule has 3 N–H and O–H groups in total. The summed E-state index contributed by atoms with van der Waals surface area (Å²) in [4.78, 5) is 28.6. The summed E-state index contributed by atoms with van der Waals surface area (Å²) in [7, 11) is 0. The first-order valence-electron chi connectivity index (χ1n) is 8.20. The normalized spacial score (nSPS) is 11.9. The van der Waals surface area contributed by atoms with Crippen molar-refractivity contribution < 1.29 is 4.79 Å². The molecule has 8 nitrogen and oxygen atoms in total. The van der Waals surface area contributed by atoms with Gasteiger partial charge in [0.05, 0.1) is 5.25 Å². The van der Waals surface area contributed by atoms with E-state index in [4.69, 9.17) is 5.73 Å². The number of aromatic nitrogens is 4. The predicted molar refractivity (Wildman–Crippen MR) is 107 cm³/mol. The number of hydrogen-bond acceptors (Lipinski definition) is 8. The summed E-state index contributed by atoms with van der Waals surface area (Å²) in [6.07, 6.45) is 0.535. The predicted octanol–water partition coefficient (Wildman–Crippen LogP) is 2.48. The molecule has 3 aromatic rings. The molecule has 0 aliphatic rings. The van der Waals surface area contributed by atoms with Crippen molar-refractivity contribution in [2.45, 2.75) is 30.7 Å². The Balaban J connectivity index is 1.91. The van der Waals surface area contributed by atoms with Gasteiger partial charge in [0.25, 0.3) is 5.56 Å². The molecule has 0 saturated carbocycles. The third-order valence-electron chi connectivity index (χ3n) is 3.61. The molecule has 1 amide bonds. The number of carbonyl (C=O) groups excluding carboxylic acids is 1. The zero-order valence-electron chi connectivity index (χ0n) is 14.7. The number of amides is 1. The highest BCUT2D eigenvalue weighted by Gasteiger charge is 2.23. The number of nitrogens with zero attached hydrogens (tertiary/aromatic N) is 4. The van der Waals surface area contributed by atoms with E-state index in [1.165, 1.54) is 29.2 Å². The molecule has 0 radical (unpaired) electrons. The molecule has 2 aromatic heterocycles. The second kappa shape index (κ2) is 8.31. The van der Waals surface area contributed by atoms with E-state index in [2.05, 4.69) is 20.5 Å². The van der Waals surface area contributed by atoms with Gasteiger partial charge in [-0.05, 0) is 25.5 Å². The second-order valence-corrected chi connectivity index (χ2v) is 7.95. The minimum absolute atomic E-state index is 0.227. The summed E-state index contributed by atoms with van der Waals surface area (Å²) in [6.45, 7) is 3.70. The Hall–Kier alpha value is -2.72. The summed E-state index contributed by atoms with van der Waals surface area (Å²) in [5.74, 6) is 0.0358. The second-order valence-electron chi connectivity index (χ2n) is 5.60. The van der Waals surface area contributed by atoms with Gasteiger partial charge in [-0.1, -0.05) is 48.2 Å². The van der Waals surface area contributed by atoms with E-state index in [0.29, 0.717) is 16.7 Å². The Morgan fingerprint density at radius 3 is 2.70 bits per heavy atom. The van der Waals surface area contributed by atoms with Crippen molar-refractivity contribution >= 4 is 40.0 Å². The standard InChI is InChI=1S/C17H18N6O2S2/c1-3-12(15(25)20-16-22-21-10(2)26-16)27-17-19-14(24)9-13(18)23(17)11-7-5-4-6-8-11/h4-9,12H,3,18H2,1-2H3,(H,20,22,25). The summed E-state index contributed by atoms with van der Waals surface area (Å²) in [5.41, 5.74) is 6.38. The number of nitrogens with two attached hydrogens (primary N) is 1. The Morgan fingerprint density at radius 2 is 2.07 bits per heavy atom. The van der Waals surface area contributed by atoms with E-state index in [0.717, 1.165) is 10.7 Å². The van der Waals surface area contributed by atoms with Gasteiger partial charge in [0.2, 0.25) is 11.0 Å². The zero-order chi connectivity index (χ0) is 19.4. The molecular weight excluding hydrogens is 384 g/mol. The lowest BCUT2D eigenvalue weighted by Crippen LogP contribution is -2.26. The van der Waals surface area contributed by atoms with Gasteiger partial charge in [0, 0.05) is 11.8 Å². The fourth-order valence-electron chi connectivity index (χ4n) is 2.38. The highest BCUT2D eigenvalue weighted by atomic mass is 32.2. The molecule has 0 fully saturated rings. The Labute approximate surface area is 163 Å². The number of anilines is 2. The third kappa shape index (κ3) is 4.52. The maximum absolute atomic E-state index is 12.6. The number of nitrogen functional groups attached to an aromatic ring is 1. The van der Waals surface area contributed by atoms with Crippen LogP contribution in [-0.2, 0) is 4.79 Å². The molecule has 10 heteroatoms. The van der Waals surface area contributed by atoms with Gasteiger partial charge in [-0.2, -0.15) is 4.98 Å². The summed E-state index contributed by atoms with van der Waals surface area (Å²) >= 11 is 2.49. The first-order valence-corrected chi connectivity index (χ1v) is 9.90. The van der Waals surface area contributed by atoms with Gasteiger partial charge in [-0.15, -0.1) is 10.2 Å². The number of carbonyl (C=O) groups is 1. The lowest BCUT2D eigenvalue weighted by atomic mass is 10.3. The molecule has 3 rings (SSSR count). The van der Waals surface area contributed by atoms with Crippen molar-refractivity contribution in [2.24, 2.45) is 0 Å². The van der Waals surface area contributed by atoms with Crippen LogP contribution < -0.4 is 16.6 Å². The minimum Gasteiger partial charge on any atom is -0.385 e. The Morgan fingerprint density at radius 1 is 1.33 bits per heavy atom. The van der Waals surface area contributed by atoms with Crippen LogP contribution in [0.2, 0.25) is 0 Å². The van der Waals surface area contributed by atoms with Crippen molar-refractivity contribution in [1.82, 2.24) is 19.7 Å². The molecule has 0 saturated heterocycles. The fourth-order valence-corrected chi connectivity index (χ4v) is 4.02. The van der Waals surface area contributed by atoms with Crippen LogP contribution >= 0.6 is 23.1 Å². The van der Waals surface area contributed by atoms with Crippen molar-refractivity contribution in [3.63, 3.8) is 0 Å². The summed E-state index contributed by atoms with van der Waals surface area (Å²) in [6, 6.07) is 10.6. The maximum Gasteiger partial charge on any atom is 0.275 e. The number of aryl methyl sites for hydroxylation is 1. The molecule has 27 heavy (non-hydrogen) atoms. The van der Waals surface area contributed by atoms with E-state index >= 15 is 0 Å². The lowest BCUT2D eigenvalue weighted by Gasteiger charge is -2.18. The largest absolute Gasteiger partial charge is 0.385 e. The Bertz CT molecular complexity index is 1000. The average molecular weight is 403 g/mol. The molecule has 0 aliphatic heterocycles. The molecule has 1 atom stereocenters. The highest BCUT2D eigenvalue weighted by molar-refractivity contribution is 8.00. The number of benzene rings is 1. The third-order valence-corrected chi connectivity index (χ3v) is 5.68. The first kappa shape index (κ1) is 19.1. The van der Waals surface area contributed by atoms with E-state index < -0.39 is 10.8 Å². The van der Waals surface area contributed by atoms with Crippen molar-refractivity contribution in [3.8, 4) is 5.69 Å². The van der Waals surface area contributed by atoms with Gasteiger partial charge < -0.3 is 5.73 Å². The molecule has 1 unspecified atom stereocenters. The lowest BCUT2D eigenvalue weighted by molar-refractivity contribution is -0.115. The topological polar surface area (TPSA) is 116 Å². The van der Waals surface area contributed by atoms with Crippen molar-refractivity contribution in [1.29, 1.82) is 0 Å². The van der Waals surface area contributed by atoms with Crippen LogP contribution in [-0.4, -0.2) is 30.9 Å². The molecule has 1 aromatic carbocycles. The fraction of sp³-hybridized carbons (Fsp3) is 0.235. The molecular formula is C17H18N6O2S2. The number of hydrogen-bond donors (Lipinski definition) is 2. The van der Waals surface area contributed by atoms with Gasteiger partial charge in [0.1, 0.15) is 10.8 Å². The maximum atomic E-state index is 12.6. The first-order chi connectivity index (χ1) is 13.0. The van der Waals surface area contributed by atoms with Crippen LogP contribution in [0.15, 0.2) is 46.3 Å². The SMILES string of the molecule is CCC(Sc1nc(=O)cc(N)n1-c1ccccc1)C(=O)Nc1nnc(C)s1. The molecule has 2 heterocycles. The monoisotopic (exact) mass is 402 g/mol. The van der Waals surface area contributed by atoms with Gasteiger partial charge in [-0.25, -0.2) is 0 Å². The zero-order valence-corrected chi connectivity index (χ0v) is 16.4. The number of para-hydroxylation sites is 1. The van der Waals surface area contributed by atoms with Crippen LogP contribution in [0.25, 0.3) is 5.69 Å². The van der Waals surface area contributed by atoms with Crippen LogP contribution in [0, 0.1) is 6.92 Å². The number of rotatable bonds is 6. The molecule has 140 valence electrons. The highest BCUT2D eigenvalue weighted by Crippen LogP contribution is 2.28. The average Bonchev–Trinajstić information content (AvgIpc) is 3.04. The quantitative estimate of drug-likeness (QED) is 0.481. The molecule has 0 spiro atoms. The summed E-state index contributed by atoms with van der Waals surface area (Å²) in [5, 5.41) is 11.7. The number of nitrogens with one attached hydrogen (secondary N) is 1. The molecule has 0 aliphatic carbocycles. The van der Waals surface area contributed by atoms with Crippen LogP contribution in [0.3, 0.4) is 0 Å². The van der Waals surface area contributed by atoms with Gasteiger partial charge in [-0.3, -0.25) is 19.5 Å². The van der Waals surface area contributed by atoms with Crippen molar-refractivity contribution in [3.05, 3.63) is 51.8 Å². The smallest absolute Gasteiger partial charge is 0.275 e. The van der Waals surface area contributed by atoms with Crippen molar-refractivity contribution in [2.75, 3.05) is 11.1 Å². The Kier molecular flexibility index (Phi) is 5.87. The van der Waals surface area contributed by atoms with Crippen LogP contribution in [0.1, 0.15) is 18.4 Å². The number of thioether (sulfide) groups is 1. The van der Waals surface area contributed by atoms with E-state index in [1.807, 2.05) is 44.2 Å².